The number of carbonyl (C=O) groups is 2. The van der Waals surface area contributed by atoms with Gasteiger partial charge in [0.1, 0.15) is 0 Å². The summed E-state index contributed by atoms with van der Waals surface area (Å²) in [6, 6.07) is 4.75. The van der Waals surface area contributed by atoms with Crippen LogP contribution in [0.15, 0.2) is 35.6 Å². The van der Waals surface area contributed by atoms with E-state index in [4.69, 9.17) is 4.74 Å². The Kier molecular flexibility index (Phi) is 5.78. The summed E-state index contributed by atoms with van der Waals surface area (Å²) < 4.78 is 5.27. The predicted octanol–water partition coefficient (Wildman–Crippen LogP) is 0.786. The zero-order valence-corrected chi connectivity index (χ0v) is 13.3. The van der Waals surface area contributed by atoms with Gasteiger partial charge in [-0.1, -0.05) is 6.58 Å². The first-order valence-corrected chi connectivity index (χ1v) is 7.53. The molecule has 0 radical (unpaired) electrons. The maximum Gasteiger partial charge on any atom is 0.247 e. The number of phenolic OH excluding ortho intramolecular Hbond substituents is 1. The summed E-state index contributed by atoms with van der Waals surface area (Å²) in [4.78, 5) is 23.2. The number of hydrazine groups is 1. The maximum absolute atomic E-state index is 11.8. The Morgan fingerprint density at radius 3 is 2.96 bits per heavy atom. The molecule has 8 nitrogen and oxygen atoms in total. The average Bonchev–Trinajstić information content (AvgIpc) is 2.87. The van der Waals surface area contributed by atoms with Crippen molar-refractivity contribution in [2.24, 2.45) is 11.0 Å². The van der Waals surface area contributed by atoms with Crippen LogP contribution in [-0.4, -0.2) is 29.7 Å². The summed E-state index contributed by atoms with van der Waals surface area (Å²) in [6.07, 6.45) is 1.95. The lowest BCUT2D eigenvalue weighted by Crippen LogP contribution is -2.26. The summed E-state index contributed by atoms with van der Waals surface area (Å²) in [7, 11) is 0. The van der Waals surface area contributed by atoms with Crippen molar-refractivity contribution in [3.63, 3.8) is 0 Å². The topological polar surface area (TPSA) is 112 Å². The minimum Gasteiger partial charge on any atom is -0.504 e. The van der Waals surface area contributed by atoms with E-state index >= 15 is 0 Å². The number of hydrogen-bond acceptors (Lipinski definition) is 6. The molecule has 1 aliphatic heterocycles. The van der Waals surface area contributed by atoms with E-state index in [0.29, 0.717) is 30.0 Å². The van der Waals surface area contributed by atoms with Gasteiger partial charge in [-0.25, -0.2) is 5.43 Å². The lowest BCUT2D eigenvalue weighted by atomic mass is 10.0. The summed E-state index contributed by atoms with van der Waals surface area (Å²) >= 11 is 0. The van der Waals surface area contributed by atoms with Crippen molar-refractivity contribution < 1.29 is 19.4 Å². The third-order valence-corrected chi connectivity index (χ3v) is 3.43. The van der Waals surface area contributed by atoms with Crippen LogP contribution in [0.2, 0.25) is 0 Å². The molecule has 1 saturated heterocycles. The Labute approximate surface area is 139 Å². The molecule has 0 spiro atoms. The van der Waals surface area contributed by atoms with Crippen LogP contribution in [0, 0.1) is 5.92 Å². The number of nitrogens with one attached hydrogen (secondary N) is 3. The van der Waals surface area contributed by atoms with Crippen molar-refractivity contribution in [1.82, 2.24) is 16.3 Å². The number of nitrogens with zero attached hydrogens (tertiary/aromatic N) is 1. The van der Waals surface area contributed by atoms with Gasteiger partial charge in [0.05, 0.1) is 18.7 Å². The first kappa shape index (κ1) is 17.3. The van der Waals surface area contributed by atoms with Crippen LogP contribution in [0.4, 0.5) is 0 Å². The number of amides is 2. The van der Waals surface area contributed by atoms with Gasteiger partial charge in [-0.2, -0.15) is 5.10 Å². The van der Waals surface area contributed by atoms with E-state index in [1.807, 2.05) is 6.92 Å². The molecule has 4 N–H and O–H groups in total. The molecule has 1 fully saturated rings. The summed E-state index contributed by atoms with van der Waals surface area (Å²) in [6.45, 7) is 5.95. The zero-order valence-electron chi connectivity index (χ0n) is 13.3. The monoisotopic (exact) mass is 332 g/mol. The third kappa shape index (κ3) is 4.48. The third-order valence-electron chi connectivity index (χ3n) is 3.43. The van der Waals surface area contributed by atoms with Crippen LogP contribution >= 0.6 is 0 Å². The number of phenols is 1. The lowest BCUT2D eigenvalue weighted by Gasteiger charge is -2.06. The molecule has 0 unspecified atom stereocenters. The Hall–Kier alpha value is -3.03. The average molecular weight is 332 g/mol. The number of hydrazone groups is 1. The summed E-state index contributed by atoms with van der Waals surface area (Å²) in [5.74, 6) is -0.510. The van der Waals surface area contributed by atoms with E-state index in [9.17, 15) is 14.7 Å². The van der Waals surface area contributed by atoms with Crippen LogP contribution in [-0.2, 0) is 9.59 Å². The van der Waals surface area contributed by atoms with Crippen LogP contribution in [0.3, 0.4) is 0 Å². The zero-order chi connectivity index (χ0) is 17.5. The number of rotatable bonds is 7. The molecule has 1 aromatic rings. The molecule has 24 heavy (non-hydrogen) atoms. The highest BCUT2D eigenvalue weighted by atomic mass is 16.5. The number of ether oxygens (including phenoxy) is 1. The number of benzene rings is 1. The second-order valence-corrected chi connectivity index (χ2v) is 5.18. The van der Waals surface area contributed by atoms with Gasteiger partial charge in [-0.3, -0.25) is 15.0 Å². The SMILES string of the molecule is C=C1NNC(=O)[C@@H]1CCC(=O)N/N=C/c1ccc(O)c(OCC)c1. The summed E-state index contributed by atoms with van der Waals surface area (Å²) in [5.41, 5.74) is 8.71. The van der Waals surface area contributed by atoms with Gasteiger partial charge in [-0.05, 0) is 37.1 Å². The Morgan fingerprint density at radius 2 is 2.29 bits per heavy atom. The highest BCUT2D eigenvalue weighted by Crippen LogP contribution is 2.26. The van der Waals surface area contributed by atoms with Crippen LogP contribution in [0.25, 0.3) is 0 Å². The molecular formula is C16H20N4O4. The van der Waals surface area contributed by atoms with Gasteiger partial charge in [0.2, 0.25) is 11.8 Å². The maximum atomic E-state index is 11.8. The highest BCUT2D eigenvalue weighted by Gasteiger charge is 2.27. The minimum atomic E-state index is -0.412. The standard InChI is InChI=1S/C16H20N4O4/c1-3-24-14-8-11(4-6-13(14)21)9-17-19-15(22)7-5-12-10(2)18-20-16(12)23/h4,6,8-9,12,18,21H,2-3,5,7H2,1H3,(H,19,22)(H,20,23)/b17-9+/t12-/m1/s1. The van der Waals surface area contributed by atoms with Gasteiger partial charge >= 0.3 is 0 Å². The fourth-order valence-electron chi connectivity index (χ4n) is 2.17. The van der Waals surface area contributed by atoms with Crippen molar-refractivity contribution in [1.29, 1.82) is 0 Å². The van der Waals surface area contributed by atoms with Gasteiger partial charge in [0.15, 0.2) is 11.5 Å². The quantitative estimate of drug-likeness (QED) is 0.435. The minimum absolute atomic E-state index is 0.0433. The molecule has 2 amide bonds. The lowest BCUT2D eigenvalue weighted by molar-refractivity contribution is -0.123. The fraction of sp³-hybridized carbons (Fsp3) is 0.312. The molecule has 0 bridgehead atoms. The number of hydrogen-bond donors (Lipinski definition) is 4. The second kappa shape index (κ2) is 8.00. The Bertz CT molecular complexity index is 656. The molecule has 0 aliphatic carbocycles. The van der Waals surface area contributed by atoms with Gasteiger partial charge < -0.3 is 15.3 Å². The van der Waals surface area contributed by atoms with Crippen molar-refractivity contribution >= 4 is 18.0 Å². The predicted molar refractivity (Wildman–Crippen MR) is 88.2 cm³/mol. The first-order valence-electron chi connectivity index (χ1n) is 7.53. The molecule has 1 atom stereocenters. The summed E-state index contributed by atoms with van der Waals surface area (Å²) in [5, 5.41) is 13.5. The molecule has 2 rings (SSSR count). The molecule has 0 aromatic heterocycles. The van der Waals surface area contributed by atoms with Gasteiger partial charge in [0, 0.05) is 12.1 Å². The first-order chi connectivity index (χ1) is 11.5. The normalized spacial score (nSPS) is 16.8. The fourth-order valence-corrected chi connectivity index (χ4v) is 2.17. The van der Waals surface area contributed by atoms with E-state index < -0.39 is 5.92 Å². The Balaban J connectivity index is 1.83. The van der Waals surface area contributed by atoms with Gasteiger partial charge in [-0.15, -0.1) is 0 Å². The highest BCUT2D eigenvalue weighted by molar-refractivity contribution is 5.85. The van der Waals surface area contributed by atoms with Crippen LogP contribution in [0.5, 0.6) is 11.5 Å². The molecule has 8 heteroatoms. The van der Waals surface area contributed by atoms with Gasteiger partial charge in [0.25, 0.3) is 0 Å². The molecule has 1 heterocycles. The van der Waals surface area contributed by atoms with Crippen LogP contribution < -0.4 is 21.0 Å². The number of aromatic hydroxyl groups is 1. The molecular weight excluding hydrogens is 312 g/mol. The van der Waals surface area contributed by atoms with Crippen molar-refractivity contribution in [2.75, 3.05) is 6.61 Å². The molecule has 1 aromatic carbocycles. The van der Waals surface area contributed by atoms with E-state index in [1.165, 1.54) is 12.3 Å². The molecule has 0 saturated carbocycles. The van der Waals surface area contributed by atoms with E-state index in [2.05, 4.69) is 28.0 Å². The van der Waals surface area contributed by atoms with Crippen molar-refractivity contribution in [3.05, 3.63) is 36.0 Å². The van der Waals surface area contributed by atoms with E-state index in [1.54, 1.807) is 12.1 Å². The number of carbonyl (C=O) groups excluding carboxylic acids is 2. The van der Waals surface area contributed by atoms with Crippen molar-refractivity contribution in [3.8, 4) is 11.5 Å². The molecule has 1 aliphatic rings. The van der Waals surface area contributed by atoms with E-state index in [0.717, 1.165) is 0 Å². The second-order valence-electron chi connectivity index (χ2n) is 5.18. The van der Waals surface area contributed by atoms with E-state index in [-0.39, 0.29) is 24.0 Å². The smallest absolute Gasteiger partial charge is 0.247 e. The van der Waals surface area contributed by atoms with Crippen LogP contribution in [0.1, 0.15) is 25.3 Å². The van der Waals surface area contributed by atoms with Crippen molar-refractivity contribution in [2.45, 2.75) is 19.8 Å². The Morgan fingerprint density at radius 1 is 1.50 bits per heavy atom. The largest absolute Gasteiger partial charge is 0.504 e. The molecule has 128 valence electrons.